The van der Waals surface area contributed by atoms with Crippen LogP contribution in [0.5, 0.6) is 0 Å². The molecule has 1 N–H and O–H groups in total. The predicted molar refractivity (Wildman–Crippen MR) is 79.4 cm³/mol. The summed E-state index contributed by atoms with van der Waals surface area (Å²) in [4.78, 5) is 12.7. The van der Waals surface area contributed by atoms with Gasteiger partial charge in [-0.25, -0.2) is 0 Å². The summed E-state index contributed by atoms with van der Waals surface area (Å²) < 4.78 is 4.33. The molecular formula is C13H14ClN3O2S. The summed E-state index contributed by atoms with van der Waals surface area (Å²) in [5.41, 5.74) is 2.77. The summed E-state index contributed by atoms with van der Waals surface area (Å²) >= 11 is 7.14. The van der Waals surface area contributed by atoms with Crippen LogP contribution in [0.3, 0.4) is 0 Å². The van der Waals surface area contributed by atoms with Gasteiger partial charge in [0.2, 0.25) is 0 Å². The number of aromatic nitrogens is 2. The first-order chi connectivity index (χ1) is 9.56. The molecule has 0 radical (unpaired) electrons. The van der Waals surface area contributed by atoms with Gasteiger partial charge < -0.3 is 10.0 Å². The molecule has 0 bridgehead atoms. The van der Waals surface area contributed by atoms with Crippen molar-refractivity contribution in [1.29, 1.82) is 0 Å². The zero-order chi connectivity index (χ0) is 14.5. The lowest BCUT2D eigenvalue weighted by molar-refractivity contribution is -0.136. The second-order valence-corrected chi connectivity index (χ2v) is 5.75. The number of aryl methyl sites for hydroxylation is 1. The minimum absolute atomic E-state index is 0.0586. The molecule has 0 amide bonds. The summed E-state index contributed by atoms with van der Waals surface area (Å²) in [5, 5.41) is 12.8. The smallest absolute Gasteiger partial charge is 0.305 e. The standard InChI is InChI=1S/C13H14ClN3O2S/c1-9-2-4-10(5-3-9)17(7-6-12(18)19)8-11-13(14)20-16-15-11/h2-5H,6-8H2,1H3,(H,18,19). The lowest BCUT2D eigenvalue weighted by atomic mass is 10.2. The minimum Gasteiger partial charge on any atom is -0.481 e. The molecule has 0 aliphatic heterocycles. The van der Waals surface area contributed by atoms with Crippen molar-refractivity contribution >= 4 is 34.8 Å². The van der Waals surface area contributed by atoms with Crippen LogP contribution in [-0.2, 0) is 11.3 Å². The highest BCUT2D eigenvalue weighted by Gasteiger charge is 2.14. The third kappa shape index (κ3) is 3.91. The largest absolute Gasteiger partial charge is 0.481 e. The van der Waals surface area contributed by atoms with E-state index >= 15 is 0 Å². The highest BCUT2D eigenvalue weighted by molar-refractivity contribution is 7.10. The molecule has 0 unspecified atom stereocenters. The van der Waals surface area contributed by atoms with E-state index in [-0.39, 0.29) is 6.42 Å². The number of carboxylic acid groups (broad SMARTS) is 1. The number of benzene rings is 1. The van der Waals surface area contributed by atoms with Crippen LogP contribution in [-0.4, -0.2) is 27.2 Å². The third-order valence-corrected chi connectivity index (χ3v) is 3.83. The Morgan fingerprint density at radius 1 is 1.40 bits per heavy atom. The van der Waals surface area contributed by atoms with E-state index in [1.54, 1.807) is 0 Å². The molecule has 1 aromatic carbocycles. The van der Waals surface area contributed by atoms with Crippen molar-refractivity contribution in [3.8, 4) is 0 Å². The molecule has 0 aliphatic carbocycles. The number of halogens is 1. The normalized spacial score (nSPS) is 10.5. The fraction of sp³-hybridized carbons (Fsp3) is 0.308. The van der Waals surface area contributed by atoms with Crippen molar-refractivity contribution in [1.82, 2.24) is 9.59 Å². The van der Waals surface area contributed by atoms with Gasteiger partial charge in [0, 0.05) is 23.8 Å². The van der Waals surface area contributed by atoms with E-state index in [1.165, 1.54) is 0 Å². The molecule has 0 saturated heterocycles. The number of hydrogen-bond acceptors (Lipinski definition) is 5. The summed E-state index contributed by atoms with van der Waals surface area (Å²) in [5.74, 6) is -0.829. The number of carbonyl (C=O) groups is 1. The van der Waals surface area contributed by atoms with Crippen molar-refractivity contribution in [2.75, 3.05) is 11.4 Å². The van der Waals surface area contributed by atoms with E-state index in [1.807, 2.05) is 36.1 Å². The van der Waals surface area contributed by atoms with Crippen molar-refractivity contribution in [3.63, 3.8) is 0 Å². The number of anilines is 1. The Morgan fingerprint density at radius 2 is 2.10 bits per heavy atom. The van der Waals surface area contributed by atoms with Crippen LogP contribution in [0.2, 0.25) is 4.34 Å². The van der Waals surface area contributed by atoms with Gasteiger partial charge >= 0.3 is 5.97 Å². The lowest BCUT2D eigenvalue weighted by Gasteiger charge is -2.23. The van der Waals surface area contributed by atoms with Crippen LogP contribution >= 0.6 is 23.1 Å². The van der Waals surface area contributed by atoms with E-state index in [2.05, 4.69) is 9.59 Å². The molecule has 5 nitrogen and oxygen atoms in total. The van der Waals surface area contributed by atoms with E-state index in [0.29, 0.717) is 23.1 Å². The van der Waals surface area contributed by atoms with E-state index in [9.17, 15) is 4.79 Å². The Morgan fingerprint density at radius 3 is 2.65 bits per heavy atom. The Bertz CT molecular complexity index is 586. The summed E-state index contributed by atoms with van der Waals surface area (Å²) in [7, 11) is 0. The van der Waals surface area contributed by atoms with Crippen molar-refractivity contribution in [3.05, 3.63) is 39.9 Å². The van der Waals surface area contributed by atoms with Gasteiger partial charge in [-0.15, -0.1) is 5.10 Å². The molecule has 0 atom stereocenters. The molecule has 106 valence electrons. The SMILES string of the molecule is Cc1ccc(N(CCC(=O)O)Cc2nnsc2Cl)cc1. The van der Waals surface area contributed by atoms with Gasteiger partial charge in [-0.2, -0.15) is 0 Å². The van der Waals surface area contributed by atoms with Crippen LogP contribution < -0.4 is 4.90 Å². The van der Waals surface area contributed by atoms with Crippen LogP contribution in [0, 0.1) is 6.92 Å². The molecule has 1 aromatic heterocycles. The van der Waals surface area contributed by atoms with Gasteiger partial charge in [-0.05, 0) is 19.1 Å². The van der Waals surface area contributed by atoms with Gasteiger partial charge in [0.25, 0.3) is 0 Å². The highest BCUT2D eigenvalue weighted by Crippen LogP contribution is 2.23. The number of hydrogen-bond donors (Lipinski definition) is 1. The first kappa shape index (κ1) is 14.7. The average Bonchev–Trinajstić information content (AvgIpc) is 2.81. The first-order valence-electron chi connectivity index (χ1n) is 6.06. The average molecular weight is 312 g/mol. The van der Waals surface area contributed by atoms with E-state index < -0.39 is 5.97 Å². The Hall–Kier alpha value is -1.66. The minimum atomic E-state index is -0.829. The zero-order valence-corrected chi connectivity index (χ0v) is 12.5. The summed E-state index contributed by atoms with van der Waals surface area (Å²) in [6.45, 7) is 2.85. The number of carboxylic acids is 1. The number of rotatable bonds is 6. The van der Waals surface area contributed by atoms with Gasteiger partial charge in [0.05, 0.1) is 13.0 Å². The Kier molecular flexibility index (Phi) is 4.92. The Balaban J connectivity index is 2.17. The van der Waals surface area contributed by atoms with Crippen molar-refractivity contribution in [2.45, 2.75) is 19.9 Å². The second kappa shape index (κ2) is 6.67. The molecule has 1 heterocycles. The molecule has 2 rings (SSSR count). The molecule has 0 spiro atoms. The second-order valence-electron chi connectivity index (χ2n) is 4.39. The molecule has 7 heteroatoms. The Labute approximate surface area is 126 Å². The molecule has 0 saturated carbocycles. The summed E-state index contributed by atoms with van der Waals surface area (Å²) in [6.07, 6.45) is 0.0586. The number of aliphatic carboxylic acids is 1. The van der Waals surface area contributed by atoms with E-state index in [0.717, 1.165) is 22.8 Å². The highest BCUT2D eigenvalue weighted by atomic mass is 35.5. The van der Waals surface area contributed by atoms with E-state index in [4.69, 9.17) is 16.7 Å². The maximum atomic E-state index is 10.8. The molecule has 0 aliphatic rings. The molecule has 20 heavy (non-hydrogen) atoms. The first-order valence-corrected chi connectivity index (χ1v) is 7.21. The topological polar surface area (TPSA) is 66.3 Å². The van der Waals surface area contributed by atoms with Crippen LogP contribution in [0.15, 0.2) is 24.3 Å². The monoisotopic (exact) mass is 311 g/mol. The van der Waals surface area contributed by atoms with Crippen molar-refractivity contribution in [2.24, 2.45) is 0 Å². The molecule has 2 aromatic rings. The fourth-order valence-electron chi connectivity index (χ4n) is 1.76. The summed E-state index contributed by atoms with van der Waals surface area (Å²) in [6, 6.07) is 7.91. The quantitative estimate of drug-likeness (QED) is 0.888. The maximum Gasteiger partial charge on any atom is 0.305 e. The van der Waals surface area contributed by atoms with Crippen molar-refractivity contribution < 1.29 is 9.90 Å². The third-order valence-electron chi connectivity index (χ3n) is 2.84. The fourth-order valence-corrected chi connectivity index (χ4v) is 2.37. The van der Waals surface area contributed by atoms with Gasteiger partial charge in [0.1, 0.15) is 10.0 Å². The van der Waals surface area contributed by atoms with Gasteiger partial charge in [-0.1, -0.05) is 33.8 Å². The molecule has 0 fully saturated rings. The molecular weight excluding hydrogens is 298 g/mol. The van der Waals surface area contributed by atoms with Crippen LogP contribution in [0.1, 0.15) is 17.7 Å². The lowest BCUT2D eigenvalue weighted by Crippen LogP contribution is -2.26. The van der Waals surface area contributed by atoms with Gasteiger partial charge in [0.15, 0.2) is 0 Å². The van der Waals surface area contributed by atoms with Crippen LogP contribution in [0.4, 0.5) is 5.69 Å². The maximum absolute atomic E-state index is 10.8. The zero-order valence-electron chi connectivity index (χ0n) is 10.9. The van der Waals surface area contributed by atoms with Crippen LogP contribution in [0.25, 0.3) is 0 Å². The van der Waals surface area contributed by atoms with Gasteiger partial charge in [-0.3, -0.25) is 4.79 Å². The number of nitrogens with zero attached hydrogens (tertiary/aromatic N) is 3. The predicted octanol–water partition coefficient (Wildman–Crippen LogP) is 2.98.